The van der Waals surface area contributed by atoms with Crippen molar-refractivity contribution in [2.24, 2.45) is 11.0 Å². The van der Waals surface area contributed by atoms with Gasteiger partial charge in [0.2, 0.25) is 0 Å². The van der Waals surface area contributed by atoms with Crippen molar-refractivity contribution in [2.45, 2.75) is 39.3 Å². The van der Waals surface area contributed by atoms with Crippen LogP contribution in [0.4, 0.5) is 10.5 Å². The van der Waals surface area contributed by atoms with E-state index < -0.39 is 12.3 Å². The smallest absolute Gasteiger partial charge is 0.413 e. The summed E-state index contributed by atoms with van der Waals surface area (Å²) in [6.07, 6.45) is 3.33. The van der Waals surface area contributed by atoms with Gasteiger partial charge in [0.1, 0.15) is 0 Å². The zero-order chi connectivity index (χ0) is 25.2. The third kappa shape index (κ3) is 7.43. The highest BCUT2D eigenvalue weighted by atomic mass is 16.6. The molecule has 2 aromatic rings. The molecule has 1 unspecified atom stereocenters. The number of carbonyl (C=O) groups is 1. The van der Waals surface area contributed by atoms with Crippen LogP contribution in [-0.4, -0.2) is 58.0 Å². The van der Waals surface area contributed by atoms with Crippen molar-refractivity contribution in [2.75, 3.05) is 39.8 Å². The fraction of sp³-hybridized carbons (Fsp3) is 0.462. The van der Waals surface area contributed by atoms with E-state index in [1.165, 1.54) is 0 Å². The Morgan fingerprint density at radius 3 is 2.46 bits per heavy atom. The second-order valence-electron chi connectivity index (χ2n) is 8.57. The Morgan fingerprint density at radius 2 is 1.74 bits per heavy atom. The van der Waals surface area contributed by atoms with Crippen molar-refractivity contribution in [3.63, 3.8) is 0 Å². The molecule has 1 amide bonds. The maximum absolute atomic E-state index is 12.7. The van der Waals surface area contributed by atoms with E-state index in [2.05, 4.69) is 24.3 Å². The molecule has 2 aromatic carbocycles. The summed E-state index contributed by atoms with van der Waals surface area (Å²) >= 11 is 0. The van der Waals surface area contributed by atoms with Crippen LogP contribution in [0.2, 0.25) is 0 Å². The Morgan fingerprint density at radius 1 is 1.03 bits per heavy atom. The number of nitrogens with zero attached hydrogens (tertiary/aromatic N) is 2. The lowest BCUT2D eigenvalue weighted by molar-refractivity contribution is -0.0297. The molecule has 1 aliphatic heterocycles. The highest BCUT2D eigenvalue weighted by Gasteiger charge is 2.25. The number of ether oxygens (including phenoxy) is 5. The molecule has 0 bridgehead atoms. The van der Waals surface area contributed by atoms with Crippen molar-refractivity contribution in [1.82, 2.24) is 5.01 Å². The van der Waals surface area contributed by atoms with Crippen molar-refractivity contribution in [1.29, 1.82) is 0 Å². The minimum atomic E-state index is -0.553. The van der Waals surface area contributed by atoms with Gasteiger partial charge in [-0.2, -0.15) is 5.10 Å². The van der Waals surface area contributed by atoms with Crippen molar-refractivity contribution < 1.29 is 28.5 Å². The normalized spacial score (nSPS) is 15.7. The summed E-state index contributed by atoms with van der Waals surface area (Å²) in [6, 6.07) is 10.8. The minimum absolute atomic E-state index is 0.359. The molecule has 1 aliphatic rings. The number of hydrogen-bond donors (Lipinski definition) is 1. The number of hydrazone groups is 1. The molecule has 3 rings (SSSR count). The first-order valence-corrected chi connectivity index (χ1v) is 11.7. The third-order valence-corrected chi connectivity index (χ3v) is 5.41. The first-order chi connectivity index (χ1) is 16.9. The second-order valence-corrected chi connectivity index (χ2v) is 8.57. The van der Waals surface area contributed by atoms with Gasteiger partial charge < -0.3 is 23.7 Å². The van der Waals surface area contributed by atoms with E-state index in [0.717, 1.165) is 18.4 Å². The van der Waals surface area contributed by atoms with Crippen molar-refractivity contribution in [3.05, 3.63) is 42.0 Å². The van der Waals surface area contributed by atoms with E-state index in [9.17, 15) is 4.79 Å². The number of carbonyl (C=O) groups excluding carboxylic acids is 1. The number of hydrogen-bond acceptors (Lipinski definition) is 8. The van der Waals surface area contributed by atoms with Gasteiger partial charge in [0, 0.05) is 24.7 Å². The summed E-state index contributed by atoms with van der Waals surface area (Å²) in [4.78, 5) is 12.7. The SMILES string of the molecule is COc1ccc(C=NN2CCCCC2OC(=O)Nc2ccc(OC)c(OCC(C)C)c2)cc1OC. The van der Waals surface area contributed by atoms with Crippen LogP contribution in [0.25, 0.3) is 0 Å². The van der Waals surface area contributed by atoms with Crippen LogP contribution in [0.15, 0.2) is 41.5 Å². The van der Waals surface area contributed by atoms with Gasteiger partial charge in [-0.25, -0.2) is 4.79 Å². The van der Waals surface area contributed by atoms with Crippen LogP contribution in [0, 0.1) is 5.92 Å². The number of rotatable bonds is 10. The van der Waals surface area contributed by atoms with Crippen LogP contribution >= 0.6 is 0 Å². The Hall–Kier alpha value is -3.62. The zero-order valence-corrected chi connectivity index (χ0v) is 21.1. The number of piperidine rings is 1. The maximum atomic E-state index is 12.7. The number of nitrogens with one attached hydrogen (secondary N) is 1. The Bertz CT molecular complexity index is 1010. The molecule has 0 aliphatic carbocycles. The van der Waals surface area contributed by atoms with E-state index in [-0.39, 0.29) is 0 Å². The van der Waals surface area contributed by atoms with E-state index in [0.29, 0.717) is 54.2 Å². The highest BCUT2D eigenvalue weighted by molar-refractivity contribution is 5.85. The summed E-state index contributed by atoms with van der Waals surface area (Å²) in [5, 5.41) is 9.16. The van der Waals surface area contributed by atoms with Crippen LogP contribution in [0.5, 0.6) is 23.0 Å². The maximum Gasteiger partial charge on any atom is 0.413 e. The predicted octanol–water partition coefficient (Wildman–Crippen LogP) is 5.14. The fourth-order valence-corrected chi connectivity index (χ4v) is 3.61. The summed E-state index contributed by atoms with van der Waals surface area (Å²) in [5.74, 6) is 2.80. The van der Waals surface area contributed by atoms with Gasteiger partial charge in [0.05, 0.1) is 34.2 Å². The van der Waals surface area contributed by atoms with Gasteiger partial charge in [-0.1, -0.05) is 13.8 Å². The quantitative estimate of drug-likeness (QED) is 0.466. The van der Waals surface area contributed by atoms with Crippen molar-refractivity contribution >= 4 is 18.0 Å². The summed E-state index contributed by atoms with van der Waals surface area (Å²) in [5.41, 5.74) is 1.41. The van der Waals surface area contributed by atoms with Crippen molar-refractivity contribution in [3.8, 4) is 23.0 Å². The molecule has 9 nitrogen and oxygen atoms in total. The first kappa shape index (κ1) is 26.0. The molecular formula is C26H35N3O6. The molecule has 190 valence electrons. The van der Waals surface area contributed by atoms with Gasteiger partial charge >= 0.3 is 6.09 Å². The lowest BCUT2D eigenvalue weighted by atomic mass is 10.1. The largest absolute Gasteiger partial charge is 0.493 e. The van der Waals surface area contributed by atoms with Crippen LogP contribution in [0.1, 0.15) is 38.7 Å². The monoisotopic (exact) mass is 485 g/mol. The summed E-state index contributed by atoms with van der Waals surface area (Å²) in [6.45, 7) is 5.36. The van der Waals surface area contributed by atoms with Gasteiger partial charge in [-0.05, 0) is 54.7 Å². The fourth-order valence-electron chi connectivity index (χ4n) is 3.61. The third-order valence-electron chi connectivity index (χ3n) is 5.41. The van der Waals surface area contributed by atoms with Gasteiger partial charge in [0.15, 0.2) is 29.2 Å². The Kier molecular flexibility index (Phi) is 9.46. The number of anilines is 1. The molecular weight excluding hydrogens is 450 g/mol. The summed E-state index contributed by atoms with van der Waals surface area (Å²) < 4.78 is 27.5. The number of amides is 1. The zero-order valence-electron chi connectivity index (χ0n) is 21.1. The van der Waals surface area contributed by atoms with E-state index in [1.807, 2.05) is 18.2 Å². The van der Waals surface area contributed by atoms with Gasteiger partial charge in [0.25, 0.3) is 0 Å². The topological polar surface area (TPSA) is 90.9 Å². The van der Waals surface area contributed by atoms with E-state index in [4.69, 9.17) is 23.7 Å². The Labute approximate surface area is 206 Å². The summed E-state index contributed by atoms with van der Waals surface area (Å²) in [7, 11) is 4.77. The average molecular weight is 486 g/mol. The molecule has 1 saturated heterocycles. The van der Waals surface area contributed by atoms with E-state index >= 15 is 0 Å². The molecule has 1 heterocycles. The molecule has 9 heteroatoms. The first-order valence-electron chi connectivity index (χ1n) is 11.7. The molecule has 0 aromatic heterocycles. The molecule has 0 radical (unpaired) electrons. The molecule has 1 fully saturated rings. The lowest BCUT2D eigenvalue weighted by Gasteiger charge is -2.32. The number of methoxy groups -OCH3 is 3. The molecule has 1 N–H and O–H groups in total. The molecule has 0 spiro atoms. The van der Waals surface area contributed by atoms with Crippen LogP contribution in [-0.2, 0) is 4.74 Å². The minimum Gasteiger partial charge on any atom is -0.493 e. The van der Waals surface area contributed by atoms with E-state index in [1.54, 1.807) is 50.8 Å². The van der Waals surface area contributed by atoms with Gasteiger partial charge in [-0.15, -0.1) is 0 Å². The van der Waals surface area contributed by atoms with Crippen LogP contribution in [0.3, 0.4) is 0 Å². The second kappa shape index (κ2) is 12.7. The lowest BCUT2D eigenvalue weighted by Crippen LogP contribution is -2.40. The number of benzene rings is 2. The standard InChI is InChI=1S/C26H35N3O6/c1-18(2)17-34-24-15-20(10-12-22(24)32-4)28-26(30)35-25-8-6-7-13-29(25)27-16-19-9-11-21(31-3)23(14-19)33-5/h9-12,14-16,18,25H,6-8,13,17H2,1-5H3,(H,28,30). The molecule has 0 saturated carbocycles. The average Bonchev–Trinajstić information content (AvgIpc) is 2.86. The molecule has 1 atom stereocenters. The predicted molar refractivity (Wildman–Crippen MR) is 135 cm³/mol. The molecule has 35 heavy (non-hydrogen) atoms. The van der Waals surface area contributed by atoms with Crippen LogP contribution < -0.4 is 24.3 Å². The van der Waals surface area contributed by atoms with Gasteiger partial charge in [-0.3, -0.25) is 10.3 Å². The Balaban J connectivity index is 1.64. The highest BCUT2D eigenvalue weighted by Crippen LogP contribution is 2.31.